The molecule has 0 N–H and O–H groups in total. The van der Waals surface area contributed by atoms with E-state index >= 15 is 0 Å². The molecule has 0 aliphatic heterocycles. The van der Waals surface area contributed by atoms with Crippen molar-refractivity contribution in [3.8, 4) is 0 Å². The molecule has 1 atom stereocenters. The Bertz CT molecular complexity index is 500. The molecule has 161 valence electrons. The van der Waals surface area contributed by atoms with Gasteiger partial charge < -0.3 is 18.6 Å². The molecule has 0 aromatic heterocycles. The van der Waals surface area contributed by atoms with Gasteiger partial charge in [-0.05, 0) is 32.6 Å². The Morgan fingerprint density at radius 1 is 0.964 bits per heavy atom. The molecule has 2 rings (SSSR count). The van der Waals surface area contributed by atoms with Gasteiger partial charge in [-0.2, -0.15) is 0 Å². The number of rotatable bonds is 6. The van der Waals surface area contributed by atoms with Crippen LogP contribution in [-0.2, 0) is 46.9 Å². The predicted molar refractivity (Wildman–Crippen MR) is 102 cm³/mol. The molecule has 1 aliphatic carbocycles. The molecule has 1 radical (unpaired) electrons. The van der Waals surface area contributed by atoms with Crippen molar-refractivity contribution < 1.29 is 60.1 Å². The number of hydrogen-bond acceptors (Lipinski definition) is 3. The summed E-state index contributed by atoms with van der Waals surface area (Å²) in [6.45, 7) is 14.3. The predicted octanol–water partition coefficient (Wildman–Crippen LogP) is 6.25. The van der Waals surface area contributed by atoms with Crippen LogP contribution in [-0.4, -0.2) is 32.5 Å². The first kappa shape index (κ1) is 30.2. The van der Waals surface area contributed by atoms with Gasteiger partial charge in [-0.1, -0.05) is 57.2 Å². The van der Waals surface area contributed by atoms with E-state index in [4.69, 9.17) is 4.74 Å². The first-order valence-corrected chi connectivity index (χ1v) is 8.95. The molecule has 1 aliphatic rings. The van der Waals surface area contributed by atoms with Gasteiger partial charge in [0.1, 0.15) is 0 Å². The minimum atomic E-state index is -3.92. The summed E-state index contributed by atoms with van der Waals surface area (Å²) < 4.78 is 48.1. The summed E-state index contributed by atoms with van der Waals surface area (Å²) in [5, 5.41) is 0. The number of benzene rings is 1. The third-order valence-electron chi connectivity index (χ3n) is 5.33. The average Bonchev–Trinajstić information content (AvgIpc) is 3.17. The van der Waals surface area contributed by atoms with Crippen LogP contribution in [0.15, 0.2) is 36.4 Å². The van der Waals surface area contributed by atoms with Crippen molar-refractivity contribution >= 4 is 0 Å². The van der Waals surface area contributed by atoms with E-state index in [0.717, 1.165) is 13.7 Å². The van der Waals surface area contributed by atoms with Gasteiger partial charge in [-0.25, -0.2) is 8.78 Å². The SMILES string of the molecule is CCOC(C)(C)C1(C)CC1(C)C.CO[C-](F)C(F)(F)OC.[Y].c1ccccc1. The molecular weight excluding hydrogens is 446 g/mol. The molecule has 1 unspecified atom stereocenters. The molecule has 0 amide bonds. The molecule has 0 spiro atoms. The van der Waals surface area contributed by atoms with Crippen molar-refractivity contribution in [2.24, 2.45) is 10.8 Å². The van der Waals surface area contributed by atoms with Gasteiger partial charge in [0, 0.05) is 59.0 Å². The topological polar surface area (TPSA) is 27.7 Å². The number of hydrogen-bond donors (Lipinski definition) is 0. The molecular formula is C21H34F3O3Y-. The zero-order valence-corrected chi connectivity index (χ0v) is 21.2. The molecule has 1 fully saturated rings. The Hall–Kier alpha value is -0.00610. The number of alkyl halides is 2. The summed E-state index contributed by atoms with van der Waals surface area (Å²) >= 11 is 0. The number of ether oxygens (including phenoxy) is 3. The van der Waals surface area contributed by atoms with Crippen molar-refractivity contribution in [3.05, 3.63) is 42.8 Å². The zero-order valence-electron chi connectivity index (χ0n) is 18.3. The van der Waals surface area contributed by atoms with Gasteiger partial charge in [0.15, 0.2) is 0 Å². The Labute approximate surface area is 193 Å². The van der Waals surface area contributed by atoms with Crippen LogP contribution in [0.2, 0.25) is 0 Å². The Balaban J connectivity index is 0. The van der Waals surface area contributed by atoms with Crippen LogP contribution in [0.25, 0.3) is 0 Å². The molecule has 1 saturated carbocycles. The van der Waals surface area contributed by atoms with Crippen LogP contribution >= 0.6 is 0 Å². The van der Waals surface area contributed by atoms with Crippen molar-refractivity contribution in [1.29, 1.82) is 0 Å². The van der Waals surface area contributed by atoms with Crippen LogP contribution < -0.4 is 0 Å². The molecule has 1 aromatic rings. The molecule has 3 nitrogen and oxygen atoms in total. The van der Waals surface area contributed by atoms with E-state index in [1.165, 1.54) is 6.42 Å². The summed E-state index contributed by atoms with van der Waals surface area (Å²) in [5.41, 5.74) is 0.868. The first-order valence-electron chi connectivity index (χ1n) is 8.95. The molecule has 0 bridgehead atoms. The van der Waals surface area contributed by atoms with Gasteiger partial charge in [0.05, 0.1) is 12.0 Å². The molecule has 7 heteroatoms. The smallest absolute Gasteiger partial charge is 0.284 e. The summed E-state index contributed by atoms with van der Waals surface area (Å²) in [6.07, 6.45) is -4.58. The van der Waals surface area contributed by atoms with E-state index in [1.54, 1.807) is 0 Å². The van der Waals surface area contributed by atoms with Crippen molar-refractivity contribution in [3.63, 3.8) is 0 Å². The van der Waals surface area contributed by atoms with E-state index in [2.05, 4.69) is 51.0 Å². The van der Waals surface area contributed by atoms with E-state index in [-0.39, 0.29) is 38.3 Å². The van der Waals surface area contributed by atoms with E-state index in [9.17, 15) is 13.2 Å². The maximum absolute atomic E-state index is 11.8. The summed E-state index contributed by atoms with van der Waals surface area (Å²) in [4.78, 5) is 0. The fourth-order valence-corrected chi connectivity index (χ4v) is 2.97. The average molecular weight is 480 g/mol. The Kier molecular flexibility index (Phi) is 13.6. The summed E-state index contributed by atoms with van der Waals surface area (Å²) in [5.74, 6) is 0. The molecule has 0 saturated heterocycles. The summed E-state index contributed by atoms with van der Waals surface area (Å²) in [6, 6.07) is 12.0. The van der Waals surface area contributed by atoms with Gasteiger partial charge >= 0.3 is 0 Å². The Morgan fingerprint density at radius 3 is 1.50 bits per heavy atom. The molecule has 28 heavy (non-hydrogen) atoms. The Morgan fingerprint density at radius 2 is 1.32 bits per heavy atom. The van der Waals surface area contributed by atoms with Crippen LogP contribution in [0.1, 0.15) is 48.0 Å². The normalized spacial score (nSPS) is 20.1. The van der Waals surface area contributed by atoms with Crippen LogP contribution in [0.4, 0.5) is 13.2 Å². The quantitative estimate of drug-likeness (QED) is 0.451. The van der Waals surface area contributed by atoms with E-state index in [0.29, 0.717) is 17.9 Å². The third kappa shape index (κ3) is 8.78. The number of halogens is 3. The van der Waals surface area contributed by atoms with Crippen molar-refractivity contribution in [2.75, 3.05) is 20.8 Å². The standard InChI is InChI=1S/C11H22O.C6H6.C4H6F3O2.Y/c1-7-12-10(4,5)11(6)8-9(11,2)3;1-2-4-6-5-3-1;1-8-3(5)4(6,7)9-2;/h7-8H2,1-6H3;1-6H;1-2H3;/q;;-1;. The monoisotopic (exact) mass is 480 g/mol. The summed E-state index contributed by atoms with van der Waals surface area (Å²) in [7, 11) is 1.47. The van der Waals surface area contributed by atoms with Crippen LogP contribution in [0, 0.1) is 17.2 Å². The van der Waals surface area contributed by atoms with Gasteiger partial charge in [0.25, 0.3) is 6.11 Å². The molecule has 0 heterocycles. The maximum Gasteiger partial charge on any atom is 0.284 e. The first-order chi connectivity index (χ1) is 12.3. The van der Waals surface area contributed by atoms with Crippen molar-refractivity contribution in [1.82, 2.24) is 0 Å². The van der Waals surface area contributed by atoms with Crippen molar-refractivity contribution in [2.45, 2.75) is 59.7 Å². The van der Waals surface area contributed by atoms with Gasteiger partial charge in [-0.15, -0.1) is 0 Å². The molecule has 1 aromatic carbocycles. The second-order valence-corrected chi connectivity index (χ2v) is 7.69. The fraction of sp³-hybridized carbons (Fsp3) is 0.667. The minimum Gasteiger partial charge on any atom is -0.512 e. The minimum absolute atomic E-state index is 0. The van der Waals surface area contributed by atoms with E-state index in [1.807, 2.05) is 36.4 Å². The van der Waals surface area contributed by atoms with Gasteiger partial charge in [0.2, 0.25) is 0 Å². The zero-order chi connectivity index (χ0) is 21.4. The van der Waals surface area contributed by atoms with Crippen LogP contribution in [0.5, 0.6) is 0 Å². The second-order valence-electron chi connectivity index (χ2n) is 7.69. The van der Waals surface area contributed by atoms with Crippen LogP contribution in [0.3, 0.4) is 0 Å². The van der Waals surface area contributed by atoms with Gasteiger partial charge in [-0.3, -0.25) is 0 Å². The number of methoxy groups -OCH3 is 2. The largest absolute Gasteiger partial charge is 0.512 e. The fourth-order valence-electron chi connectivity index (χ4n) is 2.97. The maximum atomic E-state index is 11.8. The third-order valence-corrected chi connectivity index (χ3v) is 5.33. The van der Waals surface area contributed by atoms with E-state index < -0.39 is 12.5 Å². The second kappa shape index (κ2) is 12.6.